The van der Waals surface area contributed by atoms with Gasteiger partial charge < -0.3 is 5.32 Å². The van der Waals surface area contributed by atoms with Gasteiger partial charge in [-0.15, -0.1) is 0 Å². The van der Waals surface area contributed by atoms with Crippen molar-refractivity contribution in [2.75, 3.05) is 6.54 Å². The zero-order chi connectivity index (χ0) is 10.4. The molecule has 1 aromatic heterocycles. The number of aromatic nitrogens is 2. The van der Waals surface area contributed by atoms with E-state index in [0.29, 0.717) is 6.54 Å². The Kier molecular flexibility index (Phi) is 3.91. The number of carbonyl (C=O) groups is 1. The van der Waals surface area contributed by atoms with E-state index in [4.69, 9.17) is 0 Å². The first kappa shape index (κ1) is 10.5. The monoisotopic (exact) mass is 193 g/mol. The highest BCUT2D eigenvalue weighted by molar-refractivity contribution is 5.87. The van der Waals surface area contributed by atoms with Crippen molar-refractivity contribution >= 4 is 5.91 Å². The van der Waals surface area contributed by atoms with Crippen molar-refractivity contribution in [2.45, 2.75) is 13.3 Å². The van der Waals surface area contributed by atoms with Crippen molar-refractivity contribution in [2.24, 2.45) is 7.05 Å². The Labute approximate surface area is 83.6 Å². The molecular weight excluding hydrogens is 178 g/mol. The van der Waals surface area contributed by atoms with E-state index >= 15 is 0 Å². The maximum absolute atomic E-state index is 11.0. The van der Waals surface area contributed by atoms with Gasteiger partial charge in [0.25, 0.3) is 0 Å². The third-order valence-electron chi connectivity index (χ3n) is 1.92. The normalized spacial score (nSPS) is 10.7. The van der Waals surface area contributed by atoms with Crippen LogP contribution >= 0.6 is 0 Å². The van der Waals surface area contributed by atoms with Gasteiger partial charge in [0.05, 0.1) is 0 Å². The van der Waals surface area contributed by atoms with E-state index in [-0.39, 0.29) is 5.91 Å². The summed E-state index contributed by atoms with van der Waals surface area (Å²) in [5.41, 5.74) is 1.12. The van der Waals surface area contributed by atoms with Crippen LogP contribution < -0.4 is 5.32 Å². The first-order valence-corrected chi connectivity index (χ1v) is 4.61. The molecule has 1 N–H and O–H groups in total. The van der Waals surface area contributed by atoms with E-state index < -0.39 is 0 Å². The molecule has 4 heteroatoms. The molecule has 0 radical (unpaired) electrons. The maximum Gasteiger partial charge on any atom is 0.243 e. The molecule has 0 bridgehead atoms. The van der Waals surface area contributed by atoms with Crippen LogP contribution in [0, 0.1) is 0 Å². The molecule has 14 heavy (non-hydrogen) atoms. The quantitative estimate of drug-likeness (QED) is 0.714. The minimum absolute atomic E-state index is 0.0466. The largest absolute Gasteiger partial charge is 0.352 e. The van der Waals surface area contributed by atoms with Gasteiger partial charge in [-0.1, -0.05) is 6.08 Å². The van der Waals surface area contributed by atoms with Crippen molar-refractivity contribution < 1.29 is 4.79 Å². The topological polar surface area (TPSA) is 46.9 Å². The van der Waals surface area contributed by atoms with Gasteiger partial charge in [-0.2, -0.15) is 5.10 Å². The summed E-state index contributed by atoms with van der Waals surface area (Å²) in [6.45, 7) is 2.46. The Bertz CT molecular complexity index is 328. The highest BCUT2D eigenvalue weighted by Gasteiger charge is 1.98. The summed E-state index contributed by atoms with van der Waals surface area (Å²) in [6, 6.07) is 1.95. The van der Waals surface area contributed by atoms with Crippen LogP contribution in [0.4, 0.5) is 0 Å². The molecule has 0 atom stereocenters. The van der Waals surface area contributed by atoms with Crippen LogP contribution in [0.15, 0.2) is 24.4 Å². The Morgan fingerprint density at radius 2 is 2.50 bits per heavy atom. The molecular formula is C10H15N3O. The van der Waals surface area contributed by atoms with Crippen LogP contribution in [-0.2, 0) is 18.3 Å². The lowest BCUT2D eigenvalue weighted by Gasteiger charge is -2.02. The van der Waals surface area contributed by atoms with E-state index in [2.05, 4.69) is 10.4 Å². The summed E-state index contributed by atoms with van der Waals surface area (Å²) in [4.78, 5) is 11.0. The molecule has 0 fully saturated rings. The molecule has 0 aliphatic carbocycles. The van der Waals surface area contributed by atoms with Gasteiger partial charge in [0.15, 0.2) is 0 Å². The van der Waals surface area contributed by atoms with Crippen molar-refractivity contribution in [3.63, 3.8) is 0 Å². The van der Waals surface area contributed by atoms with Crippen LogP contribution in [-0.4, -0.2) is 22.2 Å². The van der Waals surface area contributed by atoms with Gasteiger partial charge >= 0.3 is 0 Å². The molecule has 0 aliphatic heterocycles. The van der Waals surface area contributed by atoms with E-state index in [1.807, 2.05) is 24.7 Å². The summed E-state index contributed by atoms with van der Waals surface area (Å²) >= 11 is 0. The molecule has 0 saturated heterocycles. The lowest BCUT2D eigenvalue weighted by Crippen LogP contribution is -2.24. The first-order chi connectivity index (χ1) is 6.74. The van der Waals surface area contributed by atoms with E-state index in [1.165, 1.54) is 6.08 Å². The summed E-state index contributed by atoms with van der Waals surface area (Å²) in [7, 11) is 1.89. The molecule has 0 unspecified atom stereocenters. The standard InChI is InChI=1S/C10H15N3O/c1-3-4-10(14)11-7-5-9-6-8-12-13(9)2/h3-4,6,8H,5,7H2,1-2H3,(H,11,14)/b4-3+. The van der Waals surface area contributed by atoms with Crippen molar-refractivity contribution in [1.82, 2.24) is 15.1 Å². The Balaban J connectivity index is 2.29. The van der Waals surface area contributed by atoms with Gasteiger partial charge in [-0.25, -0.2) is 0 Å². The predicted octanol–water partition coefficient (Wildman–Crippen LogP) is 0.655. The second-order valence-electron chi connectivity index (χ2n) is 2.99. The van der Waals surface area contributed by atoms with Crippen LogP contribution in [0.1, 0.15) is 12.6 Å². The number of aryl methyl sites for hydroxylation is 1. The Hall–Kier alpha value is -1.58. The molecule has 1 rings (SSSR count). The number of hydrogen-bond donors (Lipinski definition) is 1. The molecule has 76 valence electrons. The minimum atomic E-state index is -0.0466. The van der Waals surface area contributed by atoms with Crippen LogP contribution in [0.2, 0.25) is 0 Å². The third kappa shape index (κ3) is 3.05. The number of nitrogens with one attached hydrogen (secondary N) is 1. The van der Waals surface area contributed by atoms with Crippen molar-refractivity contribution in [3.8, 4) is 0 Å². The number of nitrogens with zero attached hydrogens (tertiary/aromatic N) is 2. The highest BCUT2D eigenvalue weighted by Crippen LogP contribution is 1.95. The van der Waals surface area contributed by atoms with Gasteiger partial charge in [0, 0.05) is 31.9 Å². The number of amides is 1. The lowest BCUT2D eigenvalue weighted by atomic mass is 10.3. The molecule has 0 aromatic carbocycles. The van der Waals surface area contributed by atoms with Gasteiger partial charge in [-0.3, -0.25) is 9.48 Å². The second kappa shape index (κ2) is 5.21. The predicted molar refractivity (Wildman–Crippen MR) is 54.7 cm³/mol. The molecule has 1 heterocycles. The van der Waals surface area contributed by atoms with Gasteiger partial charge in [0.1, 0.15) is 0 Å². The zero-order valence-corrected chi connectivity index (χ0v) is 8.53. The Morgan fingerprint density at radius 3 is 3.07 bits per heavy atom. The number of hydrogen-bond acceptors (Lipinski definition) is 2. The highest BCUT2D eigenvalue weighted by atomic mass is 16.1. The van der Waals surface area contributed by atoms with E-state index in [0.717, 1.165) is 12.1 Å². The SMILES string of the molecule is C/C=C/C(=O)NCCc1ccnn1C. The summed E-state index contributed by atoms with van der Waals surface area (Å²) < 4.78 is 1.81. The number of carbonyl (C=O) groups excluding carboxylic acids is 1. The first-order valence-electron chi connectivity index (χ1n) is 4.61. The van der Waals surface area contributed by atoms with Crippen LogP contribution in [0.25, 0.3) is 0 Å². The molecule has 0 saturated carbocycles. The van der Waals surface area contributed by atoms with E-state index in [9.17, 15) is 4.79 Å². The average molecular weight is 193 g/mol. The molecule has 0 aliphatic rings. The molecule has 1 amide bonds. The fourth-order valence-corrected chi connectivity index (χ4v) is 1.17. The van der Waals surface area contributed by atoms with Crippen molar-refractivity contribution in [1.29, 1.82) is 0 Å². The minimum Gasteiger partial charge on any atom is -0.352 e. The average Bonchev–Trinajstić information content (AvgIpc) is 2.52. The summed E-state index contributed by atoms with van der Waals surface area (Å²) in [5.74, 6) is -0.0466. The smallest absolute Gasteiger partial charge is 0.243 e. The fourth-order valence-electron chi connectivity index (χ4n) is 1.17. The maximum atomic E-state index is 11.0. The van der Waals surface area contributed by atoms with Crippen LogP contribution in [0.3, 0.4) is 0 Å². The Morgan fingerprint density at radius 1 is 1.71 bits per heavy atom. The third-order valence-corrected chi connectivity index (χ3v) is 1.92. The van der Waals surface area contributed by atoms with E-state index in [1.54, 1.807) is 12.3 Å². The number of rotatable bonds is 4. The summed E-state index contributed by atoms with van der Waals surface area (Å²) in [6.07, 6.45) is 5.80. The molecule has 1 aromatic rings. The second-order valence-corrected chi connectivity index (χ2v) is 2.99. The van der Waals surface area contributed by atoms with Crippen molar-refractivity contribution in [3.05, 3.63) is 30.1 Å². The summed E-state index contributed by atoms with van der Waals surface area (Å²) in [5, 5.41) is 6.82. The molecule has 4 nitrogen and oxygen atoms in total. The lowest BCUT2D eigenvalue weighted by molar-refractivity contribution is -0.116. The van der Waals surface area contributed by atoms with Gasteiger partial charge in [-0.05, 0) is 19.1 Å². The fraction of sp³-hybridized carbons (Fsp3) is 0.400. The zero-order valence-electron chi connectivity index (χ0n) is 8.53. The van der Waals surface area contributed by atoms with Crippen LogP contribution in [0.5, 0.6) is 0 Å². The molecule has 0 spiro atoms. The number of allylic oxidation sites excluding steroid dienone is 1. The van der Waals surface area contributed by atoms with Gasteiger partial charge in [0.2, 0.25) is 5.91 Å².